The first-order valence-corrected chi connectivity index (χ1v) is 11.1. The molecule has 0 aliphatic carbocycles. The summed E-state index contributed by atoms with van der Waals surface area (Å²) >= 11 is 0. The number of likely N-dealkylation sites (tertiary alicyclic amines) is 1. The van der Waals surface area contributed by atoms with Gasteiger partial charge in [0.25, 0.3) is 0 Å². The van der Waals surface area contributed by atoms with Crippen LogP contribution in [0.5, 0.6) is 0 Å². The fraction of sp³-hybridized carbons (Fsp3) is 0.765. The van der Waals surface area contributed by atoms with Crippen LogP contribution in [-0.4, -0.2) is 44.6 Å². The minimum atomic E-state index is -1.88. The number of amides is 1. The van der Waals surface area contributed by atoms with Crippen molar-refractivity contribution in [2.24, 2.45) is 0 Å². The van der Waals surface area contributed by atoms with Crippen molar-refractivity contribution >= 4 is 14.4 Å². The number of nitriles is 1. The highest BCUT2D eigenvalue weighted by Gasteiger charge is 2.43. The smallest absolute Gasteiger partial charge is 0.410 e. The third-order valence-corrected chi connectivity index (χ3v) is 9.33. The molecule has 1 saturated heterocycles. The monoisotopic (exact) mass is 338 g/mol. The van der Waals surface area contributed by atoms with Crippen LogP contribution in [0, 0.1) is 11.3 Å². The van der Waals surface area contributed by atoms with Crippen molar-refractivity contribution in [2.45, 2.75) is 70.3 Å². The van der Waals surface area contributed by atoms with Crippen LogP contribution in [0.2, 0.25) is 18.1 Å². The second kappa shape index (κ2) is 7.98. The molecule has 0 unspecified atom stereocenters. The Kier molecular flexibility index (Phi) is 6.84. The number of carbonyl (C=O) groups is 1. The lowest BCUT2D eigenvalue weighted by Gasteiger charge is -2.38. The third-order valence-electron chi connectivity index (χ3n) is 4.79. The van der Waals surface area contributed by atoms with Crippen molar-refractivity contribution in [3.05, 3.63) is 12.7 Å². The summed E-state index contributed by atoms with van der Waals surface area (Å²) in [6, 6.07) is 2.17. The lowest BCUT2D eigenvalue weighted by molar-refractivity contribution is 0.102. The van der Waals surface area contributed by atoms with Gasteiger partial charge in [-0.05, 0) is 31.0 Å². The fourth-order valence-electron chi connectivity index (χ4n) is 2.49. The van der Waals surface area contributed by atoms with Crippen molar-refractivity contribution < 1.29 is 14.0 Å². The molecule has 1 aliphatic rings. The Balaban J connectivity index is 2.77. The zero-order valence-corrected chi connectivity index (χ0v) is 16.1. The predicted octanol–water partition coefficient (Wildman–Crippen LogP) is 4.08. The minimum Gasteiger partial charge on any atom is -0.445 e. The minimum absolute atomic E-state index is 0.0155. The molecular formula is C17H30N2O3Si. The molecule has 0 aromatic carbocycles. The predicted molar refractivity (Wildman–Crippen MR) is 93.6 cm³/mol. The van der Waals surface area contributed by atoms with E-state index >= 15 is 0 Å². The summed E-state index contributed by atoms with van der Waals surface area (Å²) < 4.78 is 11.6. The molecular weight excluding hydrogens is 308 g/mol. The van der Waals surface area contributed by atoms with E-state index in [0.29, 0.717) is 19.4 Å². The molecule has 0 aromatic heterocycles. The van der Waals surface area contributed by atoms with Crippen LogP contribution in [0.4, 0.5) is 4.79 Å². The van der Waals surface area contributed by atoms with Gasteiger partial charge in [-0.1, -0.05) is 33.4 Å². The molecule has 0 spiro atoms. The van der Waals surface area contributed by atoms with E-state index in [1.54, 1.807) is 11.0 Å². The van der Waals surface area contributed by atoms with E-state index in [0.717, 1.165) is 6.42 Å². The van der Waals surface area contributed by atoms with Gasteiger partial charge in [-0.2, -0.15) is 5.26 Å². The Morgan fingerprint density at radius 3 is 2.65 bits per heavy atom. The van der Waals surface area contributed by atoms with Gasteiger partial charge in [0.2, 0.25) is 0 Å². The number of nitrogens with zero attached hydrogens (tertiary/aromatic N) is 2. The highest BCUT2D eigenvalue weighted by atomic mass is 28.4. The molecule has 1 fully saturated rings. The summed E-state index contributed by atoms with van der Waals surface area (Å²) in [5.41, 5.74) is 0. The van der Waals surface area contributed by atoms with Crippen LogP contribution < -0.4 is 0 Å². The largest absolute Gasteiger partial charge is 0.445 e. The van der Waals surface area contributed by atoms with Crippen molar-refractivity contribution in [1.82, 2.24) is 4.90 Å². The zero-order chi connectivity index (χ0) is 17.7. The SMILES string of the molecule is C=CCOC(=O)N1C[C@H](O[Si](C)(C)C(C)(C)C)C[C@H]1CCC#N. The van der Waals surface area contributed by atoms with Gasteiger partial charge in [0.1, 0.15) is 6.61 Å². The molecule has 1 heterocycles. The number of ether oxygens (including phenoxy) is 1. The summed E-state index contributed by atoms with van der Waals surface area (Å²) in [6.45, 7) is 15.4. The summed E-state index contributed by atoms with van der Waals surface area (Å²) in [5, 5.41) is 8.96. The first-order chi connectivity index (χ1) is 10.6. The number of carbonyl (C=O) groups excluding carboxylic acids is 1. The summed E-state index contributed by atoms with van der Waals surface area (Å²) in [5.74, 6) is 0. The van der Waals surface area contributed by atoms with Crippen LogP contribution in [0.15, 0.2) is 12.7 Å². The van der Waals surface area contributed by atoms with E-state index in [1.165, 1.54) is 0 Å². The van der Waals surface area contributed by atoms with Crippen molar-refractivity contribution in [3.8, 4) is 6.07 Å². The van der Waals surface area contributed by atoms with Crippen LogP contribution in [0.1, 0.15) is 40.0 Å². The molecule has 0 aromatic rings. The molecule has 5 nitrogen and oxygen atoms in total. The van der Waals surface area contributed by atoms with Crippen LogP contribution in [-0.2, 0) is 9.16 Å². The van der Waals surface area contributed by atoms with Gasteiger partial charge < -0.3 is 14.1 Å². The highest BCUT2D eigenvalue weighted by Crippen LogP contribution is 2.39. The Bertz CT molecular complexity index is 465. The maximum Gasteiger partial charge on any atom is 0.410 e. The maximum absolute atomic E-state index is 12.2. The van der Waals surface area contributed by atoms with Gasteiger partial charge >= 0.3 is 6.09 Å². The van der Waals surface area contributed by atoms with E-state index in [2.05, 4.69) is 46.5 Å². The van der Waals surface area contributed by atoms with Crippen LogP contribution in [0.25, 0.3) is 0 Å². The summed E-state index contributed by atoms with van der Waals surface area (Å²) in [6.07, 6.45) is 3.11. The average molecular weight is 339 g/mol. The molecule has 2 atom stereocenters. The summed E-state index contributed by atoms with van der Waals surface area (Å²) in [7, 11) is -1.88. The van der Waals surface area contributed by atoms with E-state index in [1.807, 2.05) is 0 Å². The van der Waals surface area contributed by atoms with Gasteiger partial charge in [0.15, 0.2) is 8.32 Å². The van der Waals surface area contributed by atoms with Gasteiger partial charge in [-0.15, -0.1) is 0 Å². The molecule has 6 heteroatoms. The fourth-order valence-corrected chi connectivity index (χ4v) is 3.85. The van der Waals surface area contributed by atoms with Crippen molar-refractivity contribution in [2.75, 3.05) is 13.2 Å². The van der Waals surface area contributed by atoms with Gasteiger partial charge in [-0.3, -0.25) is 0 Å². The molecule has 130 valence electrons. The molecule has 23 heavy (non-hydrogen) atoms. The van der Waals surface area contributed by atoms with Crippen LogP contribution >= 0.6 is 0 Å². The van der Waals surface area contributed by atoms with Gasteiger partial charge in [0.05, 0.1) is 12.2 Å². The Morgan fingerprint density at radius 2 is 2.13 bits per heavy atom. The molecule has 0 N–H and O–H groups in total. The van der Waals surface area contributed by atoms with Crippen molar-refractivity contribution in [1.29, 1.82) is 5.26 Å². The second-order valence-electron chi connectivity index (χ2n) is 7.60. The Labute approximate surface area is 141 Å². The standard InChI is InChI=1S/C17H30N2O3Si/c1-7-11-21-16(20)19-13-15(12-14(19)9-8-10-18)22-23(5,6)17(2,3)4/h7,14-15H,1,8-9,11-13H2,2-6H3/t14-,15-/m1/s1. The van der Waals surface area contributed by atoms with E-state index < -0.39 is 8.32 Å². The zero-order valence-electron chi connectivity index (χ0n) is 15.1. The van der Waals surface area contributed by atoms with Gasteiger partial charge in [0, 0.05) is 19.0 Å². The maximum atomic E-state index is 12.2. The molecule has 0 saturated carbocycles. The van der Waals surface area contributed by atoms with E-state index in [-0.39, 0.29) is 29.9 Å². The third kappa shape index (κ3) is 5.36. The van der Waals surface area contributed by atoms with E-state index in [9.17, 15) is 4.79 Å². The lowest BCUT2D eigenvalue weighted by Crippen LogP contribution is -2.44. The first-order valence-electron chi connectivity index (χ1n) is 8.21. The topological polar surface area (TPSA) is 62.6 Å². The number of rotatable bonds is 6. The van der Waals surface area contributed by atoms with Gasteiger partial charge in [-0.25, -0.2) is 4.79 Å². The summed E-state index contributed by atoms with van der Waals surface area (Å²) in [4.78, 5) is 13.9. The first kappa shape index (κ1) is 19.7. The average Bonchev–Trinajstić information content (AvgIpc) is 2.83. The molecule has 1 rings (SSSR count). The Hall–Kier alpha value is -1.32. The van der Waals surface area contributed by atoms with Crippen molar-refractivity contribution in [3.63, 3.8) is 0 Å². The molecule has 0 radical (unpaired) electrons. The molecule has 1 aliphatic heterocycles. The quantitative estimate of drug-likeness (QED) is 0.541. The second-order valence-corrected chi connectivity index (χ2v) is 12.4. The molecule has 1 amide bonds. The lowest BCUT2D eigenvalue weighted by atomic mass is 10.1. The molecule has 0 bridgehead atoms. The normalized spacial score (nSPS) is 21.8. The Morgan fingerprint density at radius 1 is 1.48 bits per heavy atom. The highest BCUT2D eigenvalue weighted by molar-refractivity contribution is 6.74. The number of hydrogen-bond donors (Lipinski definition) is 0. The van der Waals surface area contributed by atoms with Crippen LogP contribution in [0.3, 0.4) is 0 Å². The van der Waals surface area contributed by atoms with E-state index in [4.69, 9.17) is 14.4 Å². The number of hydrogen-bond acceptors (Lipinski definition) is 4.